The molecule has 2 aromatic rings. The fraction of sp³-hybridized carbons (Fsp3) is 0.444. The van der Waals surface area contributed by atoms with E-state index in [1.54, 1.807) is 12.3 Å². The van der Waals surface area contributed by atoms with Gasteiger partial charge in [0.25, 0.3) is 5.91 Å². The molecule has 3 N–H and O–H groups in total. The Kier molecular flexibility index (Phi) is 4.11. The van der Waals surface area contributed by atoms with Crippen LogP contribution in [0, 0.1) is 0 Å². The van der Waals surface area contributed by atoms with Gasteiger partial charge in [-0.15, -0.1) is 0 Å². The number of aromatic nitrogens is 1. The molecule has 0 unspecified atom stereocenters. The molecule has 5 heteroatoms. The number of carbonyl (C=O) groups excluding carboxylic acids is 1. The van der Waals surface area contributed by atoms with Crippen molar-refractivity contribution in [2.75, 3.05) is 5.73 Å². The van der Waals surface area contributed by atoms with Gasteiger partial charge in [0.05, 0.1) is 10.9 Å². The number of benzene rings is 1. The number of amides is 1. The van der Waals surface area contributed by atoms with Gasteiger partial charge in [-0.2, -0.15) is 0 Å². The van der Waals surface area contributed by atoms with Gasteiger partial charge in [-0.05, 0) is 38.8 Å². The third kappa shape index (κ3) is 2.83. The summed E-state index contributed by atoms with van der Waals surface area (Å²) in [4.78, 5) is 25.2. The van der Waals surface area contributed by atoms with Crippen molar-refractivity contribution in [3.8, 4) is 0 Å². The van der Waals surface area contributed by atoms with Crippen LogP contribution in [0.4, 0.5) is 5.69 Å². The van der Waals surface area contributed by atoms with Crippen LogP contribution in [0.25, 0.3) is 10.9 Å². The number of pyridine rings is 1. The third-order valence-electron chi connectivity index (χ3n) is 4.48. The van der Waals surface area contributed by atoms with E-state index in [-0.39, 0.29) is 22.9 Å². The van der Waals surface area contributed by atoms with Gasteiger partial charge < -0.3 is 15.6 Å². The average molecular weight is 313 g/mol. The first kappa shape index (κ1) is 15.6. The first-order valence-electron chi connectivity index (χ1n) is 8.23. The van der Waals surface area contributed by atoms with E-state index in [4.69, 9.17) is 5.73 Å². The zero-order valence-corrected chi connectivity index (χ0v) is 13.6. The molecule has 3 rings (SSSR count). The van der Waals surface area contributed by atoms with E-state index in [9.17, 15) is 9.59 Å². The Morgan fingerprint density at radius 2 is 2.00 bits per heavy atom. The lowest BCUT2D eigenvalue weighted by atomic mass is 10.1. The average Bonchev–Trinajstić information content (AvgIpc) is 3.00. The van der Waals surface area contributed by atoms with E-state index >= 15 is 0 Å². The molecule has 122 valence electrons. The summed E-state index contributed by atoms with van der Waals surface area (Å²) < 4.78 is 2.08. The molecule has 0 saturated heterocycles. The molecule has 0 radical (unpaired) electrons. The predicted molar refractivity (Wildman–Crippen MR) is 92.7 cm³/mol. The SMILES string of the molecule is CC(C)NC(=O)c1cn(C2CCCC2)c2cccc(N)c2c1=O. The summed E-state index contributed by atoms with van der Waals surface area (Å²) in [6, 6.07) is 5.79. The maximum absolute atomic E-state index is 12.8. The smallest absolute Gasteiger partial charge is 0.256 e. The van der Waals surface area contributed by atoms with Crippen molar-refractivity contribution in [2.45, 2.75) is 51.6 Å². The Hall–Kier alpha value is -2.30. The highest BCUT2D eigenvalue weighted by molar-refractivity contribution is 6.00. The standard InChI is InChI=1S/C18H23N3O2/c1-11(2)20-18(23)13-10-21(12-6-3-4-7-12)15-9-5-8-14(19)16(15)17(13)22/h5,8-12H,3-4,6-7,19H2,1-2H3,(H,20,23). The van der Waals surface area contributed by atoms with Crippen LogP contribution in [0.2, 0.25) is 0 Å². The maximum atomic E-state index is 12.8. The number of hydrogen-bond acceptors (Lipinski definition) is 3. The van der Waals surface area contributed by atoms with Crippen molar-refractivity contribution in [1.82, 2.24) is 9.88 Å². The number of hydrogen-bond donors (Lipinski definition) is 2. The predicted octanol–water partition coefficient (Wildman–Crippen LogP) is 2.84. The quantitative estimate of drug-likeness (QED) is 0.855. The van der Waals surface area contributed by atoms with Crippen molar-refractivity contribution in [3.05, 3.63) is 40.2 Å². The number of nitrogen functional groups attached to an aromatic ring is 1. The summed E-state index contributed by atoms with van der Waals surface area (Å²) in [5.74, 6) is -0.332. The topological polar surface area (TPSA) is 77.1 Å². The monoisotopic (exact) mass is 313 g/mol. The number of fused-ring (bicyclic) bond motifs is 1. The van der Waals surface area contributed by atoms with Crippen LogP contribution in [-0.4, -0.2) is 16.5 Å². The second-order valence-corrected chi connectivity index (χ2v) is 6.59. The van der Waals surface area contributed by atoms with Gasteiger partial charge in [-0.3, -0.25) is 9.59 Å². The second kappa shape index (κ2) is 6.07. The molecule has 0 aliphatic heterocycles. The van der Waals surface area contributed by atoms with Crippen LogP contribution in [0.5, 0.6) is 0 Å². The number of nitrogens with one attached hydrogen (secondary N) is 1. The van der Waals surface area contributed by atoms with Crippen molar-refractivity contribution in [2.24, 2.45) is 0 Å². The molecule has 1 saturated carbocycles. The minimum atomic E-state index is -0.332. The summed E-state index contributed by atoms with van der Waals surface area (Å²) >= 11 is 0. The van der Waals surface area contributed by atoms with Crippen LogP contribution in [-0.2, 0) is 0 Å². The largest absolute Gasteiger partial charge is 0.398 e. The zero-order valence-electron chi connectivity index (χ0n) is 13.6. The summed E-state index contributed by atoms with van der Waals surface area (Å²) in [5, 5.41) is 3.26. The lowest BCUT2D eigenvalue weighted by molar-refractivity contribution is 0.0941. The second-order valence-electron chi connectivity index (χ2n) is 6.59. The minimum absolute atomic E-state index is 0.0225. The molecule has 5 nitrogen and oxygen atoms in total. The first-order valence-corrected chi connectivity index (χ1v) is 8.23. The molecule has 0 bridgehead atoms. The van der Waals surface area contributed by atoms with E-state index < -0.39 is 0 Å². The Bertz CT molecular complexity index is 802. The van der Waals surface area contributed by atoms with Crippen molar-refractivity contribution in [1.29, 1.82) is 0 Å². The summed E-state index contributed by atoms with van der Waals surface area (Å²) in [6.07, 6.45) is 6.20. The van der Waals surface area contributed by atoms with Crippen LogP contribution >= 0.6 is 0 Å². The van der Waals surface area contributed by atoms with Crippen LogP contribution in [0.3, 0.4) is 0 Å². The van der Waals surface area contributed by atoms with Crippen LogP contribution < -0.4 is 16.5 Å². The van der Waals surface area contributed by atoms with Gasteiger partial charge in [0.15, 0.2) is 0 Å². The molecule has 1 heterocycles. The number of nitrogens with two attached hydrogens (primary N) is 1. The summed E-state index contributed by atoms with van der Waals surface area (Å²) in [6.45, 7) is 3.76. The van der Waals surface area contributed by atoms with Crippen LogP contribution in [0.15, 0.2) is 29.2 Å². The molecule has 23 heavy (non-hydrogen) atoms. The highest BCUT2D eigenvalue weighted by Crippen LogP contribution is 2.32. The minimum Gasteiger partial charge on any atom is -0.398 e. The lowest BCUT2D eigenvalue weighted by Crippen LogP contribution is -2.34. The molecule has 1 aliphatic carbocycles. The Balaban J connectivity index is 2.25. The maximum Gasteiger partial charge on any atom is 0.256 e. The Labute approximate surface area is 135 Å². The van der Waals surface area contributed by atoms with E-state index in [0.717, 1.165) is 18.4 Å². The van der Waals surface area contributed by atoms with Gasteiger partial charge in [0.2, 0.25) is 5.43 Å². The van der Waals surface area contributed by atoms with Gasteiger partial charge in [0, 0.05) is 24.0 Å². The molecule has 1 fully saturated rings. The van der Waals surface area contributed by atoms with E-state index in [0.29, 0.717) is 17.1 Å². The highest BCUT2D eigenvalue weighted by atomic mass is 16.2. The van der Waals surface area contributed by atoms with Gasteiger partial charge in [0.1, 0.15) is 5.56 Å². The number of nitrogens with zero attached hydrogens (tertiary/aromatic N) is 1. The summed E-state index contributed by atoms with van der Waals surface area (Å²) in [5.41, 5.74) is 7.19. The first-order chi connectivity index (χ1) is 11.0. The molecule has 1 aromatic carbocycles. The molecule has 0 atom stereocenters. The normalized spacial score (nSPS) is 15.4. The van der Waals surface area contributed by atoms with Gasteiger partial charge >= 0.3 is 0 Å². The Morgan fingerprint density at radius 3 is 2.65 bits per heavy atom. The van der Waals surface area contributed by atoms with E-state index in [2.05, 4.69) is 9.88 Å². The fourth-order valence-electron chi connectivity index (χ4n) is 3.41. The van der Waals surface area contributed by atoms with Gasteiger partial charge in [-0.25, -0.2) is 0 Å². The fourth-order valence-corrected chi connectivity index (χ4v) is 3.41. The lowest BCUT2D eigenvalue weighted by Gasteiger charge is -2.20. The molecular weight excluding hydrogens is 290 g/mol. The molecular formula is C18H23N3O2. The van der Waals surface area contributed by atoms with E-state index in [1.807, 2.05) is 26.0 Å². The van der Waals surface area contributed by atoms with Crippen molar-refractivity contribution >= 4 is 22.5 Å². The molecule has 0 spiro atoms. The number of carbonyl (C=O) groups is 1. The summed E-state index contributed by atoms with van der Waals surface area (Å²) in [7, 11) is 0. The van der Waals surface area contributed by atoms with Gasteiger partial charge in [-0.1, -0.05) is 18.9 Å². The highest BCUT2D eigenvalue weighted by Gasteiger charge is 2.23. The third-order valence-corrected chi connectivity index (χ3v) is 4.48. The Morgan fingerprint density at radius 1 is 1.30 bits per heavy atom. The molecule has 1 amide bonds. The molecule has 1 aliphatic rings. The number of anilines is 1. The van der Waals surface area contributed by atoms with Crippen molar-refractivity contribution < 1.29 is 4.79 Å². The zero-order chi connectivity index (χ0) is 16.6. The number of rotatable bonds is 3. The van der Waals surface area contributed by atoms with Crippen molar-refractivity contribution in [3.63, 3.8) is 0 Å². The van der Waals surface area contributed by atoms with E-state index in [1.165, 1.54) is 12.8 Å². The molecule has 1 aromatic heterocycles. The van der Waals surface area contributed by atoms with Crippen LogP contribution in [0.1, 0.15) is 55.9 Å².